The number of benzene rings is 2. The predicted molar refractivity (Wildman–Crippen MR) is 138 cm³/mol. The topological polar surface area (TPSA) is 78.8 Å². The Bertz CT molecular complexity index is 1370. The van der Waals surface area contributed by atoms with E-state index in [2.05, 4.69) is 20.9 Å². The van der Waals surface area contributed by atoms with Gasteiger partial charge in [-0.1, -0.05) is 11.6 Å². The fourth-order valence-electron chi connectivity index (χ4n) is 4.68. The highest BCUT2D eigenvalue weighted by Crippen LogP contribution is 2.27. The third kappa shape index (κ3) is 5.06. The molecule has 0 spiro atoms. The molecule has 1 fully saturated rings. The van der Waals surface area contributed by atoms with Gasteiger partial charge in [-0.3, -0.25) is 9.69 Å². The number of ketones is 1. The lowest BCUT2D eigenvalue weighted by Crippen LogP contribution is -2.46. The Morgan fingerprint density at radius 3 is 2.71 bits per heavy atom. The van der Waals surface area contributed by atoms with Gasteiger partial charge < -0.3 is 19.0 Å². The van der Waals surface area contributed by atoms with Crippen molar-refractivity contribution in [2.45, 2.75) is 19.8 Å². The molecule has 35 heavy (non-hydrogen) atoms. The van der Waals surface area contributed by atoms with E-state index in [9.17, 15) is 9.59 Å². The summed E-state index contributed by atoms with van der Waals surface area (Å²) in [6.45, 7) is 6.68. The Hall–Kier alpha value is -3.29. The number of anilines is 1. The van der Waals surface area contributed by atoms with Gasteiger partial charge in [0.15, 0.2) is 5.78 Å². The molecule has 0 atom stereocenters. The molecule has 182 valence electrons. The van der Waals surface area contributed by atoms with E-state index in [0.29, 0.717) is 29.2 Å². The number of H-pyrrole nitrogens is 1. The second-order valence-corrected chi connectivity index (χ2v) is 9.24. The van der Waals surface area contributed by atoms with Crippen LogP contribution in [-0.2, 0) is 4.74 Å². The molecule has 3 heterocycles. The Kier molecular flexibility index (Phi) is 6.79. The number of furan rings is 1. The van der Waals surface area contributed by atoms with E-state index in [-0.39, 0.29) is 11.5 Å². The quantitative estimate of drug-likeness (QED) is 0.257. The summed E-state index contributed by atoms with van der Waals surface area (Å²) in [5.74, 6) is -0.0623. The molecular weight excluding hydrogens is 466 g/mol. The minimum absolute atomic E-state index is 0.146. The van der Waals surface area contributed by atoms with Gasteiger partial charge in [-0.2, -0.15) is 0 Å². The second kappa shape index (κ2) is 10.1. The highest BCUT2D eigenvalue weighted by molar-refractivity contribution is 6.31. The first-order chi connectivity index (χ1) is 17.0. The van der Waals surface area contributed by atoms with E-state index in [1.165, 1.54) is 0 Å². The maximum Gasteiger partial charge on any atom is 0.374 e. The Balaban J connectivity index is 1.13. The zero-order valence-corrected chi connectivity index (χ0v) is 20.4. The van der Waals surface area contributed by atoms with E-state index in [1.807, 2.05) is 30.3 Å². The molecule has 0 bridgehead atoms. The molecule has 0 saturated carbocycles. The van der Waals surface area contributed by atoms with E-state index in [1.54, 1.807) is 19.2 Å². The zero-order chi connectivity index (χ0) is 24.4. The molecule has 0 amide bonds. The summed E-state index contributed by atoms with van der Waals surface area (Å²) in [5, 5.41) is 2.42. The first kappa shape index (κ1) is 23.5. The van der Waals surface area contributed by atoms with Crippen LogP contribution in [-0.4, -0.2) is 61.0 Å². The van der Waals surface area contributed by atoms with Crippen LogP contribution in [0.1, 0.15) is 40.7 Å². The van der Waals surface area contributed by atoms with Crippen LogP contribution in [0.2, 0.25) is 5.02 Å². The maximum absolute atomic E-state index is 12.8. The average molecular weight is 494 g/mol. The van der Waals surface area contributed by atoms with E-state index in [4.69, 9.17) is 20.8 Å². The number of carbonyl (C=O) groups excluding carboxylic acids is 2. The molecule has 4 aromatic rings. The molecule has 5 rings (SSSR count). The molecule has 0 radical (unpaired) electrons. The normalized spacial score (nSPS) is 14.6. The number of rotatable bonds is 8. The number of hydrogen-bond donors (Lipinski definition) is 1. The molecule has 1 aliphatic rings. The molecule has 2 aromatic carbocycles. The molecule has 1 saturated heterocycles. The lowest BCUT2D eigenvalue weighted by atomic mass is 10.1. The van der Waals surface area contributed by atoms with Crippen LogP contribution in [0.15, 0.2) is 53.1 Å². The van der Waals surface area contributed by atoms with Crippen molar-refractivity contribution in [2.75, 3.05) is 44.2 Å². The monoisotopic (exact) mass is 493 g/mol. The number of nitrogens with one attached hydrogen (secondary N) is 1. The number of esters is 1. The summed E-state index contributed by atoms with van der Waals surface area (Å²) in [5.41, 5.74) is 3.44. The Labute approximate surface area is 208 Å². The van der Waals surface area contributed by atoms with Gasteiger partial charge >= 0.3 is 5.97 Å². The average Bonchev–Trinajstić information content (AvgIpc) is 3.48. The smallest absolute Gasteiger partial charge is 0.374 e. The van der Waals surface area contributed by atoms with Gasteiger partial charge in [-0.15, -0.1) is 0 Å². The van der Waals surface area contributed by atoms with E-state index >= 15 is 0 Å². The van der Waals surface area contributed by atoms with Crippen molar-refractivity contribution in [3.63, 3.8) is 0 Å². The van der Waals surface area contributed by atoms with Crippen LogP contribution in [0, 0.1) is 0 Å². The van der Waals surface area contributed by atoms with Crippen molar-refractivity contribution >= 4 is 50.9 Å². The lowest BCUT2D eigenvalue weighted by molar-refractivity contribution is 0.0492. The van der Waals surface area contributed by atoms with Gasteiger partial charge in [0, 0.05) is 71.4 Å². The fraction of sp³-hybridized carbons (Fsp3) is 0.333. The molecule has 8 heteroatoms. The number of piperazine rings is 1. The molecule has 2 aromatic heterocycles. The number of halogens is 1. The molecule has 1 N–H and O–H groups in total. The van der Waals surface area contributed by atoms with Gasteiger partial charge in [-0.25, -0.2) is 4.79 Å². The standard InChI is InChI=1S/C27H28ClN3O4/c1-2-34-27(33)26-15-18-14-20(6-8-25(18)35-26)31-12-10-30(11-13-31)9-3-4-24(32)22-17-29-23-7-5-19(28)16-21(22)23/h5-8,14-17,29H,2-4,9-13H2,1H3. The molecule has 7 nitrogen and oxygen atoms in total. The predicted octanol–water partition coefficient (Wildman–Crippen LogP) is 5.53. The van der Waals surface area contributed by atoms with E-state index in [0.717, 1.165) is 61.1 Å². The SMILES string of the molecule is CCOC(=O)c1cc2cc(N3CCN(CCCC(=O)c4c[nH]c5ccc(Cl)cc45)CC3)ccc2o1. The highest BCUT2D eigenvalue weighted by atomic mass is 35.5. The fourth-order valence-corrected chi connectivity index (χ4v) is 4.85. The number of Topliss-reactive ketones (excluding diaryl/α,β-unsaturated/α-hetero) is 1. The highest BCUT2D eigenvalue weighted by Gasteiger charge is 2.20. The third-order valence-corrected chi connectivity index (χ3v) is 6.77. The Morgan fingerprint density at radius 2 is 1.91 bits per heavy atom. The van der Waals surface area contributed by atoms with Crippen LogP contribution in [0.5, 0.6) is 0 Å². The van der Waals surface area contributed by atoms with E-state index < -0.39 is 5.97 Å². The first-order valence-electron chi connectivity index (χ1n) is 12.0. The van der Waals surface area contributed by atoms with Crippen LogP contribution in [0.4, 0.5) is 5.69 Å². The molecule has 0 unspecified atom stereocenters. The van der Waals surface area contributed by atoms with Crippen molar-refractivity contribution in [1.29, 1.82) is 0 Å². The van der Waals surface area contributed by atoms with Gasteiger partial charge in [0.05, 0.1) is 6.61 Å². The summed E-state index contributed by atoms with van der Waals surface area (Å²) >= 11 is 6.11. The first-order valence-corrected chi connectivity index (χ1v) is 12.4. The lowest BCUT2D eigenvalue weighted by Gasteiger charge is -2.36. The third-order valence-electron chi connectivity index (χ3n) is 6.54. The number of carbonyl (C=O) groups is 2. The van der Waals surface area contributed by atoms with Gasteiger partial charge in [0.2, 0.25) is 5.76 Å². The van der Waals surface area contributed by atoms with Crippen molar-refractivity contribution in [1.82, 2.24) is 9.88 Å². The van der Waals surface area contributed by atoms with Crippen molar-refractivity contribution in [2.24, 2.45) is 0 Å². The van der Waals surface area contributed by atoms with Crippen LogP contribution < -0.4 is 4.90 Å². The molecule has 1 aliphatic heterocycles. The number of aromatic amines is 1. The summed E-state index contributed by atoms with van der Waals surface area (Å²) in [7, 11) is 0. The maximum atomic E-state index is 12.8. The summed E-state index contributed by atoms with van der Waals surface area (Å²) in [6.07, 6.45) is 3.12. The number of nitrogens with zero attached hydrogens (tertiary/aromatic N) is 2. The van der Waals surface area contributed by atoms with Crippen molar-refractivity contribution in [3.8, 4) is 0 Å². The summed E-state index contributed by atoms with van der Waals surface area (Å²) in [6, 6.07) is 13.3. The zero-order valence-electron chi connectivity index (χ0n) is 19.7. The summed E-state index contributed by atoms with van der Waals surface area (Å²) in [4.78, 5) is 32.6. The van der Waals surface area contributed by atoms with Gasteiger partial charge in [0.1, 0.15) is 5.58 Å². The van der Waals surface area contributed by atoms with Crippen LogP contribution in [0.25, 0.3) is 21.9 Å². The van der Waals surface area contributed by atoms with Gasteiger partial charge in [0.25, 0.3) is 0 Å². The van der Waals surface area contributed by atoms with Crippen molar-refractivity contribution in [3.05, 3.63) is 65.0 Å². The van der Waals surface area contributed by atoms with Crippen molar-refractivity contribution < 1.29 is 18.7 Å². The van der Waals surface area contributed by atoms with Crippen LogP contribution >= 0.6 is 11.6 Å². The molecular formula is C27H28ClN3O4. The minimum atomic E-state index is -0.439. The largest absolute Gasteiger partial charge is 0.460 e. The van der Waals surface area contributed by atoms with Crippen LogP contribution in [0.3, 0.4) is 0 Å². The number of aromatic nitrogens is 1. The van der Waals surface area contributed by atoms with Gasteiger partial charge in [-0.05, 0) is 62.4 Å². The Morgan fingerprint density at radius 1 is 1.09 bits per heavy atom. The summed E-state index contributed by atoms with van der Waals surface area (Å²) < 4.78 is 10.7. The number of ether oxygens (including phenoxy) is 1. The number of hydrogen-bond acceptors (Lipinski definition) is 6. The minimum Gasteiger partial charge on any atom is -0.460 e. The number of fused-ring (bicyclic) bond motifs is 2. The second-order valence-electron chi connectivity index (χ2n) is 8.80. The molecule has 0 aliphatic carbocycles.